The number of benzene rings is 2. The maximum absolute atomic E-state index is 13.8. The zero-order valence-electron chi connectivity index (χ0n) is 22.1. The van der Waals surface area contributed by atoms with Gasteiger partial charge in [0.2, 0.25) is 11.8 Å². The zero-order valence-corrected chi connectivity index (χ0v) is 23.7. The van der Waals surface area contributed by atoms with Gasteiger partial charge in [-0.1, -0.05) is 42.8 Å². The van der Waals surface area contributed by atoms with E-state index in [1.54, 1.807) is 44.2 Å². The summed E-state index contributed by atoms with van der Waals surface area (Å²) in [5.41, 5.74) is 2.76. The van der Waals surface area contributed by atoms with Gasteiger partial charge in [0, 0.05) is 31.7 Å². The Morgan fingerprint density at radius 3 is 2.19 bits per heavy atom. The van der Waals surface area contributed by atoms with Gasteiger partial charge in [0.25, 0.3) is 0 Å². The molecule has 0 fully saturated rings. The molecule has 2 aromatic carbocycles. The number of nitrogens with zero attached hydrogens (tertiary/aromatic N) is 3. The van der Waals surface area contributed by atoms with Crippen molar-refractivity contribution in [3.05, 3.63) is 64.2 Å². The molecule has 2 rings (SSSR count). The van der Waals surface area contributed by atoms with Crippen molar-refractivity contribution in [2.24, 2.45) is 0 Å². The summed E-state index contributed by atoms with van der Waals surface area (Å²) in [6.07, 6.45) is 0.741. The molecule has 2 aromatic rings. The van der Waals surface area contributed by atoms with Gasteiger partial charge in [0.05, 0.1) is 5.69 Å². The summed E-state index contributed by atoms with van der Waals surface area (Å²) in [5, 5.41) is 3.47. The van der Waals surface area contributed by atoms with Crippen LogP contribution in [0, 0.1) is 13.8 Å². The number of anilines is 1. The van der Waals surface area contributed by atoms with Crippen molar-refractivity contribution in [1.29, 1.82) is 0 Å². The molecule has 8 nitrogen and oxygen atoms in total. The fourth-order valence-electron chi connectivity index (χ4n) is 3.52. The Kier molecular flexibility index (Phi) is 10.3. The maximum Gasteiger partial charge on any atom is 0.304 e. The second-order valence-electron chi connectivity index (χ2n) is 9.23. The Balaban J connectivity index is 2.49. The van der Waals surface area contributed by atoms with E-state index in [1.165, 1.54) is 19.0 Å². The predicted molar refractivity (Wildman–Crippen MR) is 145 cm³/mol. The third-order valence-corrected chi connectivity index (χ3v) is 8.14. The lowest BCUT2D eigenvalue weighted by atomic mass is 10.1. The van der Waals surface area contributed by atoms with Crippen LogP contribution < -0.4 is 9.62 Å². The molecule has 0 aromatic heterocycles. The van der Waals surface area contributed by atoms with E-state index >= 15 is 0 Å². The average molecular weight is 537 g/mol. The highest BCUT2D eigenvalue weighted by molar-refractivity contribution is 7.90. The van der Waals surface area contributed by atoms with Crippen LogP contribution in [-0.2, 0) is 26.3 Å². The van der Waals surface area contributed by atoms with E-state index in [0.717, 1.165) is 26.2 Å². The molecule has 0 aliphatic heterocycles. The van der Waals surface area contributed by atoms with E-state index < -0.39 is 28.7 Å². The van der Waals surface area contributed by atoms with Crippen LogP contribution in [-0.4, -0.2) is 62.2 Å². The number of carbonyl (C=O) groups excluding carboxylic acids is 2. The fraction of sp³-hybridized carbons (Fsp3) is 0.462. The van der Waals surface area contributed by atoms with Crippen LogP contribution in [0.5, 0.6) is 0 Å². The number of hydrogen-bond donors (Lipinski definition) is 1. The topological polar surface area (TPSA) is 90.0 Å². The number of rotatable bonds is 11. The van der Waals surface area contributed by atoms with Crippen LogP contribution >= 0.6 is 11.6 Å². The third-order valence-electron chi connectivity index (χ3n) is 6.09. The molecule has 0 saturated heterocycles. The molecule has 198 valence electrons. The SMILES string of the molecule is CC[C@H](C)NC(=O)[C@@H](C)N(Cc1ccc(Cl)cc1)C(=O)CN(c1cc(C)ccc1C)S(=O)(=O)N(C)C. The smallest absolute Gasteiger partial charge is 0.304 e. The first kappa shape index (κ1) is 29.6. The zero-order chi connectivity index (χ0) is 27.2. The monoisotopic (exact) mass is 536 g/mol. The van der Waals surface area contributed by atoms with Crippen LogP contribution in [0.3, 0.4) is 0 Å². The largest absolute Gasteiger partial charge is 0.352 e. The predicted octanol–water partition coefficient (Wildman–Crippen LogP) is 3.90. The van der Waals surface area contributed by atoms with Crippen LogP contribution in [0.4, 0.5) is 5.69 Å². The summed E-state index contributed by atoms with van der Waals surface area (Å²) in [7, 11) is -1.16. The highest BCUT2D eigenvalue weighted by Gasteiger charge is 2.33. The first-order valence-corrected chi connectivity index (χ1v) is 13.7. The minimum absolute atomic E-state index is 0.0620. The van der Waals surface area contributed by atoms with Crippen molar-refractivity contribution in [1.82, 2.24) is 14.5 Å². The lowest BCUT2D eigenvalue weighted by Crippen LogP contribution is -2.53. The number of carbonyl (C=O) groups is 2. The second kappa shape index (κ2) is 12.6. The number of nitrogens with one attached hydrogen (secondary N) is 1. The van der Waals surface area contributed by atoms with E-state index in [1.807, 2.05) is 32.9 Å². The van der Waals surface area contributed by atoms with Gasteiger partial charge in [-0.05, 0) is 69.0 Å². The Bertz CT molecular complexity index is 1170. The van der Waals surface area contributed by atoms with E-state index in [0.29, 0.717) is 16.3 Å². The van der Waals surface area contributed by atoms with Crippen molar-refractivity contribution in [2.75, 3.05) is 24.9 Å². The highest BCUT2D eigenvalue weighted by Crippen LogP contribution is 2.26. The molecule has 10 heteroatoms. The summed E-state index contributed by atoms with van der Waals surface area (Å²) in [5.74, 6) is -0.802. The minimum Gasteiger partial charge on any atom is -0.352 e. The lowest BCUT2D eigenvalue weighted by Gasteiger charge is -2.33. The number of amides is 2. The van der Waals surface area contributed by atoms with Crippen molar-refractivity contribution in [3.8, 4) is 0 Å². The van der Waals surface area contributed by atoms with Gasteiger partial charge >= 0.3 is 10.2 Å². The quantitative estimate of drug-likeness (QED) is 0.471. The summed E-state index contributed by atoms with van der Waals surface area (Å²) in [4.78, 5) is 28.2. The van der Waals surface area contributed by atoms with Crippen molar-refractivity contribution >= 4 is 39.3 Å². The summed E-state index contributed by atoms with van der Waals surface area (Å²) in [6, 6.07) is 11.5. The van der Waals surface area contributed by atoms with Gasteiger partial charge < -0.3 is 10.2 Å². The molecule has 0 spiro atoms. The molecule has 0 bridgehead atoms. The molecule has 0 radical (unpaired) electrons. The molecule has 0 saturated carbocycles. The van der Waals surface area contributed by atoms with Gasteiger partial charge in [-0.2, -0.15) is 12.7 Å². The van der Waals surface area contributed by atoms with Gasteiger partial charge in [-0.3, -0.25) is 9.59 Å². The second-order valence-corrected chi connectivity index (χ2v) is 11.7. The first-order valence-electron chi connectivity index (χ1n) is 11.9. The number of halogens is 1. The molecule has 1 N–H and O–H groups in total. The lowest BCUT2D eigenvalue weighted by molar-refractivity contribution is -0.139. The van der Waals surface area contributed by atoms with Gasteiger partial charge in [-0.15, -0.1) is 0 Å². The van der Waals surface area contributed by atoms with Crippen LogP contribution in [0.15, 0.2) is 42.5 Å². The number of hydrogen-bond acceptors (Lipinski definition) is 4. The first-order chi connectivity index (χ1) is 16.8. The molecule has 0 aliphatic carbocycles. The van der Waals surface area contributed by atoms with E-state index in [9.17, 15) is 18.0 Å². The van der Waals surface area contributed by atoms with Crippen LogP contribution in [0.25, 0.3) is 0 Å². The molecule has 0 heterocycles. The summed E-state index contributed by atoms with van der Waals surface area (Å²) in [6.45, 7) is 8.81. The van der Waals surface area contributed by atoms with Crippen LogP contribution in [0.1, 0.15) is 43.9 Å². The molecule has 36 heavy (non-hydrogen) atoms. The average Bonchev–Trinajstić information content (AvgIpc) is 2.82. The van der Waals surface area contributed by atoms with Gasteiger partial charge in [0.1, 0.15) is 12.6 Å². The van der Waals surface area contributed by atoms with Gasteiger partial charge in [-0.25, -0.2) is 4.31 Å². The Morgan fingerprint density at radius 1 is 1.03 bits per heavy atom. The Labute approximate surface area is 220 Å². The van der Waals surface area contributed by atoms with E-state index in [4.69, 9.17) is 11.6 Å². The van der Waals surface area contributed by atoms with Crippen molar-refractivity contribution in [2.45, 2.75) is 59.7 Å². The standard InChI is InChI=1S/C26H37ClN4O4S/c1-8-20(4)28-26(33)21(5)30(16-22-11-13-23(27)14-12-22)25(32)17-31(36(34,35)29(6)7)24-15-18(2)9-10-19(24)3/h9-15,20-21H,8,16-17H2,1-7H3,(H,28,33)/t20-,21+/m0/s1. The minimum atomic E-state index is -4.01. The number of aryl methyl sites for hydroxylation is 2. The van der Waals surface area contributed by atoms with Crippen molar-refractivity contribution < 1.29 is 18.0 Å². The van der Waals surface area contributed by atoms with E-state index in [-0.39, 0.29) is 18.5 Å². The normalized spacial score (nSPS) is 13.2. The molecule has 0 aliphatic rings. The summed E-state index contributed by atoms with van der Waals surface area (Å²) >= 11 is 6.02. The fourth-order valence-corrected chi connectivity index (χ4v) is 4.76. The molecular formula is C26H37ClN4O4S. The molecular weight excluding hydrogens is 500 g/mol. The Hall–Kier alpha value is -2.62. The van der Waals surface area contributed by atoms with E-state index in [2.05, 4.69) is 5.32 Å². The highest BCUT2D eigenvalue weighted by atomic mass is 35.5. The summed E-state index contributed by atoms with van der Waals surface area (Å²) < 4.78 is 28.8. The maximum atomic E-state index is 13.8. The molecule has 2 amide bonds. The van der Waals surface area contributed by atoms with Crippen molar-refractivity contribution in [3.63, 3.8) is 0 Å². The third kappa shape index (κ3) is 7.44. The van der Waals surface area contributed by atoms with Gasteiger partial charge in [0.15, 0.2) is 0 Å². The van der Waals surface area contributed by atoms with Crippen LogP contribution in [0.2, 0.25) is 5.02 Å². The Morgan fingerprint density at radius 2 is 1.64 bits per heavy atom. The molecule has 2 atom stereocenters. The molecule has 0 unspecified atom stereocenters.